The van der Waals surface area contributed by atoms with Gasteiger partial charge < -0.3 is 4.90 Å². The maximum absolute atomic E-state index is 3.56. The monoisotopic (exact) mass is 391 g/mol. The van der Waals surface area contributed by atoms with Gasteiger partial charge in [0, 0.05) is 19.8 Å². The lowest BCUT2D eigenvalue weighted by Crippen LogP contribution is -2.07. The summed E-state index contributed by atoms with van der Waals surface area (Å²) in [6.07, 6.45) is 6.07. The maximum Gasteiger partial charge on any atom is 0.0361 e. The van der Waals surface area contributed by atoms with Crippen LogP contribution in [0.1, 0.15) is 18.1 Å². The normalized spacial score (nSPS) is 10.6. The third kappa shape index (κ3) is 5.48. The Hall–Kier alpha value is -3.58. The third-order valence-electron chi connectivity index (χ3n) is 4.96. The lowest BCUT2D eigenvalue weighted by Gasteiger charge is -2.11. The molecule has 0 aromatic heterocycles. The number of nitrogens with zero attached hydrogens (tertiary/aromatic N) is 1. The molecule has 0 aliphatic carbocycles. The molecular formula is C29H29N. The lowest BCUT2D eigenvalue weighted by atomic mass is 10.0. The minimum atomic E-state index is 1.02. The zero-order chi connectivity index (χ0) is 21.5. The summed E-state index contributed by atoms with van der Waals surface area (Å²) in [5.41, 5.74) is 4.67. The summed E-state index contributed by atoms with van der Waals surface area (Å²) in [7, 11) is 4.12. The molecule has 150 valence electrons. The smallest absolute Gasteiger partial charge is 0.0361 e. The molecule has 0 saturated heterocycles. The van der Waals surface area contributed by atoms with E-state index < -0.39 is 0 Å². The van der Waals surface area contributed by atoms with Crippen LogP contribution in [0, 0.1) is 0 Å². The fraction of sp³-hybridized carbons (Fsp3) is 0.103. The SMILES string of the molecule is C=CC(=C)C.CN(C)c1ccc(C=Cc2ccc3cc4ccccc4cc3c2)cc1. The number of fused-ring (bicyclic) bond motifs is 2. The van der Waals surface area contributed by atoms with Gasteiger partial charge in [0.15, 0.2) is 0 Å². The highest BCUT2D eigenvalue weighted by Gasteiger charge is 1.99. The van der Waals surface area contributed by atoms with Gasteiger partial charge in [0.05, 0.1) is 0 Å². The fourth-order valence-corrected chi connectivity index (χ4v) is 3.14. The van der Waals surface area contributed by atoms with Gasteiger partial charge in [-0.2, -0.15) is 0 Å². The first-order valence-corrected chi connectivity index (χ1v) is 10.1. The Kier molecular flexibility index (Phi) is 6.87. The molecule has 0 saturated carbocycles. The van der Waals surface area contributed by atoms with Crippen LogP contribution in [0.2, 0.25) is 0 Å². The van der Waals surface area contributed by atoms with Gasteiger partial charge in [0.2, 0.25) is 0 Å². The van der Waals surface area contributed by atoms with Crippen molar-refractivity contribution in [3.8, 4) is 0 Å². The van der Waals surface area contributed by atoms with E-state index in [-0.39, 0.29) is 0 Å². The highest BCUT2D eigenvalue weighted by molar-refractivity contribution is 5.99. The molecule has 0 aliphatic heterocycles. The second-order valence-corrected chi connectivity index (χ2v) is 7.68. The van der Waals surface area contributed by atoms with E-state index in [0.29, 0.717) is 0 Å². The van der Waals surface area contributed by atoms with Crippen LogP contribution in [-0.4, -0.2) is 14.1 Å². The van der Waals surface area contributed by atoms with Crippen molar-refractivity contribution in [1.82, 2.24) is 0 Å². The molecule has 30 heavy (non-hydrogen) atoms. The minimum Gasteiger partial charge on any atom is -0.378 e. The van der Waals surface area contributed by atoms with Crippen LogP contribution < -0.4 is 4.90 Å². The standard InChI is InChI=1S/C24H21N.C5H8/c1-25(2)24-13-10-18(11-14-24)7-8-19-9-12-22-16-20-5-3-4-6-21(20)17-23(22)15-19;1-4-5(2)3/h3-17H,1-2H3;4H,1-2H2,3H3. The molecule has 1 nitrogen and oxygen atoms in total. The van der Waals surface area contributed by atoms with E-state index in [0.717, 1.165) is 5.57 Å². The van der Waals surface area contributed by atoms with E-state index in [4.69, 9.17) is 0 Å². The molecule has 0 aliphatic rings. The van der Waals surface area contributed by atoms with Crippen LogP contribution in [0.25, 0.3) is 33.7 Å². The van der Waals surface area contributed by atoms with Crippen LogP contribution in [0.3, 0.4) is 0 Å². The summed E-state index contributed by atoms with van der Waals surface area (Å²) >= 11 is 0. The van der Waals surface area contributed by atoms with Gasteiger partial charge in [0.25, 0.3) is 0 Å². The van der Waals surface area contributed by atoms with Crippen molar-refractivity contribution in [1.29, 1.82) is 0 Å². The van der Waals surface area contributed by atoms with Crippen molar-refractivity contribution in [2.45, 2.75) is 6.92 Å². The number of rotatable bonds is 4. The topological polar surface area (TPSA) is 3.24 Å². The zero-order valence-corrected chi connectivity index (χ0v) is 18.1. The van der Waals surface area contributed by atoms with Crippen LogP contribution in [0.15, 0.2) is 104 Å². The van der Waals surface area contributed by atoms with E-state index in [1.165, 1.54) is 38.4 Å². The van der Waals surface area contributed by atoms with Crippen molar-refractivity contribution in [3.05, 3.63) is 115 Å². The molecule has 1 heteroatoms. The van der Waals surface area contributed by atoms with Crippen molar-refractivity contribution in [2.24, 2.45) is 0 Å². The van der Waals surface area contributed by atoms with E-state index in [9.17, 15) is 0 Å². The molecule has 4 rings (SSSR count). The molecule has 0 bridgehead atoms. The molecule has 0 unspecified atom stereocenters. The average Bonchev–Trinajstić information content (AvgIpc) is 2.76. The zero-order valence-electron chi connectivity index (χ0n) is 18.1. The second-order valence-electron chi connectivity index (χ2n) is 7.68. The molecule has 4 aromatic carbocycles. The summed E-state index contributed by atoms with van der Waals surface area (Å²) in [4.78, 5) is 2.11. The Morgan fingerprint density at radius 1 is 0.700 bits per heavy atom. The molecule has 0 radical (unpaired) electrons. The summed E-state index contributed by atoms with van der Waals surface area (Å²) in [5.74, 6) is 0. The van der Waals surface area contributed by atoms with Crippen molar-refractivity contribution >= 4 is 39.4 Å². The average molecular weight is 392 g/mol. The predicted molar refractivity (Wildman–Crippen MR) is 136 cm³/mol. The van der Waals surface area contributed by atoms with E-state index in [1.54, 1.807) is 6.08 Å². The van der Waals surface area contributed by atoms with Gasteiger partial charge in [-0.15, -0.1) is 0 Å². The fourth-order valence-electron chi connectivity index (χ4n) is 3.14. The number of benzene rings is 4. The molecule has 0 atom stereocenters. The minimum absolute atomic E-state index is 1.02. The molecule has 0 fully saturated rings. The van der Waals surface area contributed by atoms with Gasteiger partial charge in [0.1, 0.15) is 0 Å². The molecule has 4 aromatic rings. The first kappa shape index (κ1) is 21.1. The van der Waals surface area contributed by atoms with Crippen molar-refractivity contribution in [2.75, 3.05) is 19.0 Å². The first-order valence-electron chi connectivity index (χ1n) is 10.1. The summed E-state index contributed by atoms with van der Waals surface area (Å²) in [6, 6.07) is 28.3. The second kappa shape index (κ2) is 9.76. The Balaban J connectivity index is 0.000000461. The van der Waals surface area contributed by atoms with Crippen LogP contribution in [0.4, 0.5) is 5.69 Å². The Bertz CT molecular complexity index is 1190. The first-order chi connectivity index (χ1) is 14.5. The molecule has 0 N–H and O–H groups in total. The van der Waals surface area contributed by atoms with Gasteiger partial charge in [-0.25, -0.2) is 0 Å². The van der Waals surface area contributed by atoms with Gasteiger partial charge >= 0.3 is 0 Å². The highest BCUT2D eigenvalue weighted by atomic mass is 15.1. The van der Waals surface area contributed by atoms with Crippen molar-refractivity contribution in [3.63, 3.8) is 0 Å². The number of hydrogen-bond donors (Lipinski definition) is 0. The Morgan fingerprint density at radius 2 is 1.20 bits per heavy atom. The van der Waals surface area contributed by atoms with Gasteiger partial charge in [-0.05, 0) is 69.9 Å². The van der Waals surface area contributed by atoms with E-state index in [2.05, 4.69) is 123 Å². The van der Waals surface area contributed by atoms with E-state index in [1.807, 2.05) is 6.92 Å². The van der Waals surface area contributed by atoms with Crippen LogP contribution in [-0.2, 0) is 0 Å². The summed E-state index contributed by atoms with van der Waals surface area (Å²) in [6.45, 7) is 8.93. The van der Waals surface area contributed by atoms with Crippen molar-refractivity contribution < 1.29 is 0 Å². The largest absolute Gasteiger partial charge is 0.378 e. The van der Waals surface area contributed by atoms with E-state index >= 15 is 0 Å². The predicted octanol–water partition coefficient (Wildman–Crippen LogP) is 7.98. The van der Waals surface area contributed by atoms with Gasteiger partial charge in [-0.1, -0.05) is 85.5 Å². The quantitative estimate of drug-likeness (QED) is 0.194. The Morgan fingerprint density at radius 3 is 1.77 bits per heavy atom. The highest BCUT2D eigenvalue weighted by Crippen LogP contribution is 2.24. The summed E-state index contributed by atoms with van der Waals surface area (Å²) in [5, 5.41) is 5.14. The summed E-state index contributed by atoms with van der Waals surface area (Å²) < 4.78 is 0. The molecule has 0 heterocycles. The number of allylic oxidation sites excluding steroid dienone is 2. The van der Waals surface area contributed by atoms with Crippen LogP contribution >= 0.6 is 0 Å². The van der Waals surface area contributed by atoms with Crippen LogP contribution in [0.5, 0.6) is 0 Å². The number of hydrogen-bond acceptors (Lipinski definition) is 1. The number of anilines is 1. The van der Waals surface area contributed by atoms with Gasteiger partial charge in [-0.3, -0.25) is 0 Å². The molecule has 0 spiro atoms. The third-order valence-corrected chi connectivity index (χ3v) is 4.96. The molecular weight excluding hydrogens is 362 g/mol. The maximum atomic E-state index is 3.56. The molecule has 0 amide bonds. The lowest BCUT2D eigenvalue weighted by molar-refractivity contribution is 1.13. The Labute approximate surface area is 180 Å².